The third-order valence-electron chi connectivity index (χ3n) is 2.59. The molecule has 0 N–H and O–H groups in total. The quantitative estimate of drug-likeness (QED) is 0.576. The van der Waals surface area contributed by atoms with Crippen LogP contribution in [0.3, 0.4) is 0 Å². The van der Waals surface area contributed by atoms with Crippen molar-refractivity contribution in [2.24, 2.45) is 4.99 Å². The molecule has 0 aliphatic heterocycles. The van der Waals surface area contributed by atoms with E-state index in [0.717, 1.165) is 17.3 Å². The van der Waals surface area contributed by atoms with Gasteiger partial charge in [-0.3, -0.25) is 14.6 Å². The zero-order valence-electron chi connectivity index (χ0n) is 10.00. The van der Waals surface area contributed by atoms with Crippen molar-refractivity contribution in [3.63, 3.8) is 0 Å². The van der Waals surface area contributed by atoms with E-state index in [1.807, 2.05) is 32.9 Å². The molecule has 1 rings (SSSR count). The van der Waals surface area contributed by atoms with E-state index in [0.29, 0.717) is 5.69 Å². The second-order valence-electron chi connectivity index (χ2n) is 3.88. The molecule has 0 radical (unpaired) electrons. The molecule has 0 spiro atoms. The van der Waals surface area contributed by atoms with Crippen molar-refractivity contribution >= 4 is 23.5 Å². The van der Waals surface area contributed by atoms with Crippen LogP contribution in [-0.2, 0) is 9.59 Å². The first-order chi connectivity index (χ1) is 7.41. The molecule has 0 aliphatic carbocycles. The Morgan fingerprint density at radius 2 is 1.62 bits per heavy atom. The van der Waals surface area contributed by atoms with Crippen LogP contribution >= 0.6 is 0 Å². The molecule has 0 aromatic heterocycles. The summed E-state index contributed by atoms with van der Waals surface area (Å²) in [5, 5.41) is 0. The predicted molar refractivity (Wildman–Crippen MR) is 64.5 cm³/mol. The molecule has 84 valence electrons. The van der Waals surface area contributed by atoms with E-state index >= 15 is 0 Å². The molecule has 1 aromatic rings. The first kappa shape index (κ1) is 12.3. The van der Waals surface area contributed by atoms with Crippen molar-refractivity contribution in [3.05, 3.63) is 28.8 Å². The van der Waals surface area contributed by atoms with Crippen molar-refractivity contribution < 1.29 is 9.59 Å². The number of ketones is 2. The SMILES string of the molecule is CC(=O)C(=O)C=Nc1cc(C)c(C)c(C)c1. The minimum atomic E-state index is -0.573. The Hall–Kier alpha value is -1.77. The van der Waals surface area contributed by atoms with Crippen LogP contribution < -0.4 is 0 Å². The Morgan fingerprint density at radius 3 is 2.06 bits per heavy atom. The summed E-state index contributed by atoms with van der Waals surface area (Å²) in [4.78, 5) is 25.8. The van der Waals surface area contributed by atoms with Gasteiger partial charge in [0.2, 0.25) is 11.6 Å². The maximum Gasteiger partial charge on any atom is 0.239 e. The predicted octanol–water partition coefficient (Wildman–Crippen LogP) is 2.47. The number of hydrogen-bond acceptors (Lipinski definition) is 3. The Morgan fingerprint density at radius 1 is 1.12 bits per heavy atom. The average molecular weight is 217 g/mol. The summed E-state index contributed by atoms with van der Waals surface area (Å²) in [6, 6.07) is 3.79. The Balaban J connectivity index is 2.99. The normalized spacial score (nSPS) is 10.8. The number of rotatable bonds is 3. The largest absolute Gasteiger partial charge is 0.291 e. The molecule has 0 saturated carbocycles. The molecule has 3 heteroatoms. The minimum Gasteiger partial charge on any atom is -0.291 e. The van der Waals surface area contributed by atoms with Crippen LogP contribution in [-0.4, -0.2) is 17.8 Å². The summed E-state index contributed by atoms with van der Waals surface area (Å²) in [5.41, 5.74) is 4.18. The van der Waals surface area contributed by atoms with E-state index in [1.165, 1.54) is 12.5 Å². The lowest BCUT2D eigenvalue weighted by atomic mass is 10.0. The van der Waals surface area contributed by atoms with Crippen LogP contribution in [0.2, 0.25) is 0 Å². The van der Waals surface area contributed by atoms with Crippen LogP contribution in [0.5, 0.6) is 0 Å². The first-order valence-electron chi connectivity index (χ1n) is 5.08. The number of hydrogen-bond donors (Lipinski definition) is 0. The molecule has 16 heavy (non-hydrogen) atoms. The van der Waals surface area contributed by atoms with E-state index in [2.05, 4.69) is 4.99 Å². The first-order valence-corrected chi connectivity index (χ1v) is 5.08. The molecule has 0 aliphatic rings. The van der Waals surface area contributed by atoms with E-state index < -0.39 is 11.6 Å². The van der Waals surface area contributed by atoms with Gasteiger partial charge in [0.15, 0.2) is 0 Å². The minimum absolute atomic E-state index is 0.496. The van der Waals surface area contributed by atoms with E-state index in [4.69, 9.17) is 0 Å². The molecule has 0 atom stereocenters. The lowest BCUT2D eigenvalue weighted by Crippen LogP contribution is -2.09. The maximum atomic E-state index is 11.1. The highest BCUT2D eigenvalue weighted by Crippen LogP contribution is 2.20. The number of nitrogens with zero attached hydrogens (tertiary/aromatic N) is 1. The van der Waals surface area contributed by atoms with Crippen LogP contribution in [0.1, 0.15) is 23.6 Å². The summed E-state index contributed by atoms with van der Waals surface area (Å²) in [6.07, 6.45) is 1.08. The van der Waals surface area contributed by atoms with Crippen LogP contribution in [0.25, 0.3) is 0 Å². The number of aliphatic imine (C=N–C) groups is 1. The van der Waals surface area contributed by atoms with Gasteiger partial charge in [0, 0.05) is 6.92 Å². The van der Waals surface area contributed by atoms with Crippen molar-refractivity contribution in [1.82, 2.24) is 0 Å². The summed E-state index contributed by atoms with van der Waals surface area (Å²) >= 11 is 0. The molecule has 0 heterocycles. The highest BCUT2D eigenvalue weighted by molar-refractivity contribution is 6.58. The number of carbonyl (C=O) groups excluding carboxylic acids is 2. The van der Waals surface area contributed by atoms with Gasteiger partial charge in [-0.2, -0.15) is 0 Å². The van der Waals surface area contributed by atoms with Gasteiger partial charge in [0.25, 0.3) is 0 Å². The highest BCUT2D eigenvalue weighted by atomic mass is 16.2. The van der Waals surface area contributed by atoms with Gasteiger partial charge in [-0.15, -0.1) is 0 Å². The van der Waals surface area contributed by atoms with Gasteiger partial charge in [-0.05, 0) is 49.6 Å². The molecule has 0 bridgehead atoms. The van der Waals surface area contributed by atoms with E-state index in [1.54, 1.807) is 0 Å². The summed E-state index contributed by atoms with van der Waals surface area (Å²) in [7, 11) is 0. The van der Waals surface area contributed by atoms with Gasteiger partial charge >= 0.3 is 0 Å². The zero-order valence-corrected chi connectivity index (χ0v) is 10.00. The summed E-state index contributed by atoms with van der Waals surface area (Å²) in [5.74, 6) is -1.07. The molecular formula is C13H15NO2. The molecule has 0 unspecified atom stereocenters. The van der Waals surface area contributed by atoms with Crippen LogP contribution in [0.15, 0.2) is 17.1 Å². The molecular weight excluding hydrogens is 202 g/mol. The van der Waals surface area contributed by atoms with Gasteiger partial charge < -0.3 is 0 Å². The molecule has 3 nitrogen and oxygen atoms in total. The second-order valence-corrected chi connectivity index (χ2v) is 3.88. The van der Waals surface area contributed by atoms with Crippen LogP contribution in [0.4, 0.5) is 5.69 Å². The standard InChI is InChI=1S/C13H15NO2/c1-8-5-12(6-9(2)10(8)3)14-7-13(16)11(4)15/h5-7H,1-4H3. The topological polar surface area (TPSA) is 46.5 Å². The van der Waals surface area contributed by atoms with Crippen LogP contribution in [0, 0.1) is 20.8 Å². The third kappa shape index (κ3) is 2.86. The van der Waals surface area contributed by atoms with Crippen molar-refractivity contribution in [2.45, 2.75) is 27.7 Å². The second kappa shape index (κ2) is 4.84. The average Bonchev–Trinajstić information content (AvgIpc) is 2.22. The smallest absolute Gasteiger partial charge is 0.239 e. The van der Waals surface area contributed by atoms with E-state index in [-0.39, 0.29) is 0 Å². The fourth-order valence-electron chi connectivity index (χ4n) is 1.31. The fraction of sp³-hybridized carbons (Fsp3) is 0.308. The molecule has 0 saturated heterocycles. The number of aryl methyl sites for hydroxylation is 2. The zero-order chi connectivity index (χ0) is 12.3. The third-order valence-corrected chi connectivity index (χ3v) is 2.59. The Labute approximate surface area is 95.2 Å². The number of carbonyl (C=O) groups is 2. The van der Waals surface area contributed by atoms with Crippen molar-refractivity contribution in [3.8, 4) is 0 Å². The van der Waals surface area contributed by atoms with E-state index in [9.17, 15) is 9.59 Å². The maximum absolute atomic E-state index is 11.1. The fourth-order valence-corrected chi connectivity index (χ4v) is 1.31. The summed E-state index contributed by atoms with van der Waals surface area (Å²) in [6.45, 7) is 7.27. The van der Waals surface area contributed by atoms with Crippen molar-refractivity contribution in [1.29, 1.82) is 0 Å². The van der Waals surface area contributed by atoms with Crippen molar-refractivity contribution in [2.75, 3.05) is 0 Å². The monoisotopic (exact) mass is 217 g/mol. The lowest BCUT2D eigenvalue weighted by Gasteiger charge is -2.05. The molecule has 0 fully saturated rings. The summed E-state index contributed by atoms with van der Waals surface area (Å²) < 4.78 is 0. The Kier molecular flexibility index (Phi) is 3.72. The molecule has 0 amide bonds. The number of Topliss-reactive ketones (excluding diaryl/α,β-unsaturated/α-hetero) is 2. The molecule has 1 aromatic carbocycles. The Bertz CT molecular complexity index is 450. The number of benzene rings is 1. The van der Waals surface area contributed by atoms with Gasteiger partial charge in [-0.25, -0.2) is 0 Å². The van der Waals surface area contributed by atoms with Gasteiger partial charge in [0.1, 0.15) is 0 Å². The van der Waals surface area contributed by atoms with Gasteiger partial charge in [0.05, 0.1) is 11.9 Å². The van der Waals surface area contributed by atoms with Gasteiger partial charge in [-0.1, -0.05) is 0 Å². The lowest BCUT2D eigenvalue weighted by molar-refractivity contribution is -0.131. The highest BCUT2D eigenvalue weighted by Gasteiger charge is 2.04.